The van der Waals surface area contributed by atoms with Gasteiger partial charge in [-0.15, -0.1) is 11.3 Å². The summed E-state index contributed by atoms with van der Waals surface area (Å²) in [6.07, 6.45) is 3.48. The van der Waals surface area contributed by atoms with Gasteiger partial charge in [0.15, 0.2) is 5.13 Å². The van der Waals surface area contributed by atoms with E-state index in [-0.39, 0.29) is 16.6 Å². The highest BCUT2D eigenvalue weighted by Gasteiger charge is 2.17. The van der Waals surface area contributed by atoms with Crippen LogP contribution in [0.25, 0.3) is 11.3 Å². The highest BCUT2D eigenvalue weighted by Crippen LogP contribution is 2.29. The van der Waals surface area contributed by atoms with Crippen molar-refractivity contribution in [2.45, 2.75) is 11.8 Å². The van der Waals surface area contributed by atoms with E-state index in [1.165, 1.54) is 47.7 Å². The van der Waals surface area contributed by atoms with Crippen molar-refractivity contribution in [3.8, 4) is 17.0 Å². The number of carbonyl (C=O) groups is 1. The molecule has 0 saturated carbocycles. The Hall–Kier alpha value is -3.81. The summed E-state index contributed by atoms with van der Waals surface area (Å²) in [6, 6.07) is 21.6. The Morgan fingerprint density at radius 3 is 2.49 bits per heavy atom. The summed E-state index contributed by atoms with van der Waals surface area (Å²) >= 11 is 3.57. The van der Waals surface area contributed by atoms with E-state index in [9.17, 15) is 13.2 Å². The van der Waals surface area contributed by atoms with Crippen LogP contribution in [-0.2, 0) is 10.1 Å². The van der Waals surface area contributed by atoms with Crippen LogP contribution in [-0.4, -0.2) is 24.3 Å². The Labute approximate surface area is 243 Å². The van der Waals surface area contributed by atoms with Crippen LogP contribution in [0.4, 0.5) is 16.5 Å². The molecule has 3 aromatic carbocycles. The quantitative estimate of drug-likeness (QED) is 0.137. The summed E-state index contributed by atoms with van der Waals surface area (Å²) in [6.45, 7) is 1.96. The van der Waals surface area contributed by atoms with Crippen LogP contribution in [0.15, 0.2) is 102 Å². The standard InChI is InChI=1S/C28H21IN4O4S2/c1-18-4-9-22(15-25(18)32-28-33-26(17-38-28)20-3-2-14-30-16-20)31-27(34)19-5-10-23(11-6-19)37-39(35,36)24-12-7-21(29)8-13-24/h2-17H,1H3,(H,31,34)(H,32,33). The van der Waals surface area contributed by atoms with Crippen LogP contribution < -0.4 is 14.8 Å². The molecule has 2 aromatic heterocycles. The van der Waals surface area contributed by atoms with Gasteiger partial charge in [-0.25, -0.2) is 4.98 Å². The van der Waals surface area contributed by atoms with Crippen molar-refractivity contribution in [1.82, 2.24) is 9.97 Å². The maximum atomic E-state index is 12.9. The number of benzene rings is 3. The number of nitrogens with one attached hydrogen (secondary N) is 2. The van der Waals surface area contributed by atoms with Crippen LogP contribution in [0, 0.1) is 10.5 Å². The molecule has 0 radical (unpaired) electrons. The van der Waals surface area contributed by atoms with Gasteiger partial charge in [-0.05, 0) is 108 Å². The zero-order valence-corrected chi connectivity index (χ0v) is 24.2. The van der Waals surface area contributed by atoms with E-state index in [0.29, 0.717) is 11.3 Å². The van der Waals surface area contributed by atoms with E-state index < -0.39 is 10.1 Å². The molecule has 8 nitrogen and oxygen atoms in total. The lowest BCUT2D eigenvalue weighted by Gasteiger charge is -2.11. The average Bonchev–Trinajstić information content (AvgIpc) is 3.40. The minimum absolute atomic E-state index is 0.0552. The first-order valence-electron chi connectivity index (χ1n) is 11.6. The normalized spacial score (nSPS) is 11.1. The summed E-state index contributed by atoms with van der Waals surface area (Å²) in [7, 11) is -3.98. The first-order chi connectivity index (χ1) is 18.8. The third kappa shape index (κ3) is 6.61. The van der Waals surface area contributed by atoms with Gasteiger partial charge < -0.3 is 14.8 Å². The predicted octanol–water partition coefficient (Wildman–Crippen LogP) is 6.88. The number of aromatic nitrogens is 2. The number of rotatable bonds is 8. The minimum atomic E-state index is -3.98. The fraction of sp³-hybridized carbons (Fsp3) is 0.0357. The lowest BCUT2D eigenvalue weighted by atomic mass is 10.1. The lowest BCUT2D eigenvalue weighted by molar-refractivity contribution is 0.102. The van der Waals surface area contributed by atoms with Crippen molar-refractivity contribution in [3.63, 3.8) is 0 Å². The number of carbonyl (C=O) groups excluding carboxylic acids is 1. The van der Waals surface area contributed by atoms with Gasteiger partial charge in [-0.1, -0.05) is 6.07 Å². The summed E-state index contributed by atoms with van der Waals surface area (Å²) in [4.78, 5) is 21.7. The van der Waals surface area contributed by atoms with Crippen molar-refractivity contribution in [3.05, 3.63) is 111 Å². The Morgan fingerprint density at radius 1 is 1.00 bits per heavy atom. The van der Waals surface area contributed by atoms with Crippen LogP contribution in [0.1, 0.15) is 15.9 Å². The third-order valence-electron chi connectivity index (χ3n) is 5.62. The van der Waals surface area contributed by atoms with E-state index in [4.69, 9.17) is 4.18 Å². The highest BCUT2D eigenvalue weighted by molar-refractivity contribution is 14.1. The largest absolute Gasteiger partial charge is 0.379 e. The fourth-order valence-electron chi connectivity index (χ4n) is 3.57. The SMILES string of the molecule is Cc1ccc(NC(=O)c2ccc(OS(=O)(=O)c3ccc(I)cc3)cc2)cc1Nc1nc(-c2cccnc2)cs1. The maximum Gasteiger partial charge on any atom is 0.339 e. The van der Waals surface area contributed by atoms with Gasteiger partial charge in [-0.3, -0.25) is 9.78 Å². The molecule has 0 aliphatic carbocycles. The van der Waals surface area contributed by atoms with Crippen LogP contribution in [0.3, 0.4) is 0 Å². The monoisotopic (exact) mass is 668 g/mol. The molecule has 5 aromatic rings. The number of amides is 1. The third-order valence-corrected chi connectivity index (χ3v) is 8.36. The maximum absolute atomic E-state index is 12.9. The zero-order valence-electron chi connectivity index (χ0n) is 20.5. The molecule has 0 spiro atoms. The second-order valence-electron chi connectivity index (χ2n) is 8.40. The summed E-state index contributed by atoms with van der Waals surface area (Å²) < 4.78 is 31.2. The Balaban J connectivity index is 1.25. The van der Waals surface area contributed by atoms with Crippen molar-refractivity contribution < 1.29 is 17.4 Å². The molecular weight excluding hydrogens is 647 g/mol. The van der Waals surface area contributed by atoms with Gasteiger partial charge >= 0.3 is 10.1 Å². The molecule has 2 heterocycles. The number of hydrogen-bond donors (Lipinski definition) is 2. The molecule has 0 saturated heterocycles. The molecule has 0 unspecified atom stereocenters. The van der Waals surface area contributed by atoms with Crippen LogP contribution in [0.5, 0.6) is 5.75 Å². The summed E-state index contributed by atoms with van der Waals surface area (Å²) in [5, 5.41) is 8.88. The molecule has 0 aliphatic rings. The van der Waals surface area contributed by atoms with E-state index in [1.807, 2.05) is 42.6 Å². The van der Waals surface area contributed by atoms with Crippen molar-refractivity contribution in [2.24, 2.45) is 0 Å². The second kappa shape index (κ2) is 11.5. The number of hydrogen-bond acceptors (Lipinski definition) is 8. The topological polar surface area (TPSA) is 110 Å². The van der Waals surface area contributed by atoms with Crippen molar-refractivity contribution >= 4 is 66.5 Å². The van der Waals surface area contributed by atoms with Crippen molar-refractivity contribution in [1.29, 1.82) is 0 Å². The molecule has 0 bridgehead atoms. The van der Waals surface area contributed by atoms with Gasteiger partial charge in [0.2, 0.25) is 0 Å². The van der Waals surface area contributed by atoms with E-state index >= 15 is 0 Å². The zero-order chi connectivity index (χ0) is 27.4. The van der Waals surface area contributed by atoms with E-state index in [0.717, 1.165) is 31.2 Å². The molecule has 2 N–H and O–H groups in total. The Morgan fingerprint density at radius 2 is 1.77 bits per heavy atom. The molecular formula is C28H21IN4O4S2. The molecule has 0 aliphatic heterocycles. The molecule has 1 amide bonds. The van der Waals surface area contributed by atoms with Gasteiger partial charge in [0.1, 0.15) is 10.6 Å². The first-order valence-corrected chi connectivity index (χ1v) is 15.0. The number of aryl methyl sites for hydroxylation is 1. The summed E-state index contributed by atoms with van der Waals surface area (Å²) in [5.74, 6) is -0.231. The smallest absolute Gasteiger partial charge is 0.339 e. The molecule has 0 atom stereocenters. The molecule has 196 valence electrons. The average molecular weight is 669 g/mol. The first kappa shape index (κ1) is 26.8. The number of nitrogens with zero attached hydrogens (tertiary/aromatic N) is 2. The lowest BCUT2D eigenvalue weighted by Crippen LogP contribution is -2.13. The van der Waals surface area contributed by atoms with Gasteiger partial charge in [0.25, 0.3) is 5.91 Å². The van der Waals surface area contributed by atoms with Gasteiger partial charge in [-0.2, -0.15) is 8.42 Å². The Bertz CT molecular complexity index is 1720. The molecule has 5 rings (SSSR count). The fourth-order valence-corrected chi connectivity index (χ4v) is 5.59. The van der Waals surface area contributed by atoms with E-state index in [2.05, 4.69) is 43.2 Å². The van der Waals surface area contributed by atoms with E-state index in [1.54, 1.807) is 24.5 Å². The highest BCUT2D eigenvalue weighted by atomic mass is 127. The molecule has 11 heteroatoms. The summed E-state index contributed by atoms with van der Waals surface area (Å²) in [5.41, 5.74) is 4.51. The van der Waals surface area contributed by atoms with Crippen LogP contribution >= 0.6 is 33.9 Å². The van der Waals surface area contributed by atoms with Gasteiger partial charge in [0, 0.05) is 43.8 Å². The number of anilines is 3. The number of halogens is 1. The predicted molar refractivity (Wildman–Crippen MR) is 161 cm³/mol. The number of pyridine rings is 1. The molecule has 39 heavy (non-hydrogen) atoms. The van der Waals surface area contributed by atoms with Gasteiger partial charge in [0.05, 0.1) is 5.69 Å². The van der Waals surface area contributed by atoms with Crippen molar-refractivity contribution in [2.75, 3.05) is 10.6 Å². The van der Waals surface area contributed by atoms with Crippen LogP contribution in [0.2, 0.25) is 0 Å². The second-order valence-corrected chi connectivity index (χ2v) is 12.1. The molecule has 0 fully saturated rings. The Kier molecular flexibility index (Phi) is 7.91. The minimum Gasteiger partial charge on any atom is -0.379 e. The number of thiazole rings is 1.